The van der Waals surface area contributed by atoms with Gasteiger partial charge in [0.25, 0.3) is 5.91 Å². The first-order valence-corrected chi connectivity index (χ1v) is 6.96. The molecule has 0 radical (unpaired) electrons. The maximum Gasteiger partial charge on any atom is 0.254 e. The highest BCUT2D eigenvalue weighted by Gasteiger charge is 2.30. The fourth-order valence-electron chi connectivity index (χ4n) is 2.05. The maximum absolute atomic E-state index is 13.6. The van der Waals surface area contributed by atoms with Gasteiger partial charge in [0.15, 0.2) is 0 Å². The topological polar surface area (TPSA) is 55.1 Å². The summed E-state index contributed by atoms with van der Waals surface area (Å²) in [6.45, 7) is 2.70. The number of halogens is 1. The lowest BCUT2D eigenvalue weighted by Gasteiger charge is -2.22. The van der Waals surface area contributed by atoms with Crippen LogP contribution < -0.4 is 11.1 Å². The third kappa shape index (κ3) is 2.96. The molecular weight excluding hydrogens is 251 g/mol. The van der Waals surface area contributed by atoms with Crippen LogP contribution in [0.4, 0.5) is 10.1 Å². The smallest absolute Gasteiger partial charge is 0.254 e. The quantitative estimate of drug-likeness (QED) is 0.828. The minimum Gasteiger partial charge on any atom is -0.399 e. The van der Waals surface area contributed by atoms with Crippen LogP contribution in [0.25, 0.3) is 0 Å². The van der Waals surface area contributed by atoms with E-state index in [1.54, 1.807) is 0 Å². The van der Waals surface area contributed by atoms with Crippen molar-refractivity contribution in [3.05, 3.63) is 29.6 Å². The third-order valence-electron chi connectivity index (χ3n) is 3.16. The fourth-order valence-corrected chi connectivity index (χ4v) is 3.30. The Bertz CT molecular complexity index is 458. The molecule has 1 amide bonds. The van der Waals surface area contributed by atoms with Gasteiger partial charge in [0, 0.05) is 17.0 Å². The van der Waals surface area contributed by atoms with Gasteiger partial charge in [0.05, 0.1) is 5.56 Å². The highest BCUT2D eigenvalue weighted by atomic mass is 32.2. The number of hydrogen-bond donors (Lipinski definition) is 2. The first-order chi connectivity index (χ1) is 8.50. The molecule has 1 heterocycles. The van der Waals surface area contributed by atoms with Crippen molar-refractivity contribution in [3.63, 3.8) is 0 Å². The summed E-state index contributed by atoms with van der Waals surface area (Å²) in [4.78, 5) is 11.9. The lowest BCUT2D eigenvalue weighted by molar-refractivity contribution is 0.0946. The molecular formula is C13H17FN2OS. The minimum absolute atomic E-state index is 0.0517. The van der Waals surface area contributed by atoms with E-state index >= 15 is 0 Å². The Morgan fingerprint density at radius 2 is 2.39 bits per heavy atom. The van der Waals surface area contributed by atoms with Crippen molar-refractivity contribution in [1.82, 2.24) is 5.32 Å². The Morgan fingerprint density at radius 1 is 1.61 bits per heavy atom. The lowest BCUT2D eigenvalue weighted by Crippen LogP contribution is -2.37. The van der Waals surface area contributed by atoms with E-state index in [1.165, 1.54) is 24.6 Å². The van der Waals surface area contributed by atoms with Crippen LogP contribution in [-0.4, -0.2) is 23.0 Å². The molecule has 5 heteroatoms. The molecule has 1 atom stereocenters. The van der Waals surface area contributed by atoms with E-state index in [4.69, 9.17) is 5.73 Å². The Balaban J connectivity index is 1.99. The number of carbonyl (C=O) groups is 1. The largest absolute Gasteiger partial charge is 0.399 e. The number of anilines is 1. The zero-order valence-corrected chi connectivity index (χ0v) is 11.1. The molecule has 0 bridgehead atoms. The van der Waals surface area contributed by atoms with Gasteiger partial charge >= 0.3 is 0 Å². The molecule has 18 heavy (non-hydrogen) atoms. The summed E-state index contributed by atoms with van der Waals surface area (Å²) >= 11 is 1.86. The summed E-state index contributed by atoms with van der Waals surface area (Å²) in [5, 5.41) is 2.80. The number of benzene rings is 1. The first-order valence-electron chi connectivity index (χ1n) is 5.97. The van der Waals surface area contributed by atoms with Gasteiger partial charge in [-0.15, -0.1) is 0 Å². The van der Waals surface area contributed by atoms with Gasteiger partial charge in [0.1, 0.15) is 5.82 Å². The number of rotatable bonds is 3. The summed E-state index contributed by atoms with van der Waals surface area (Å²) in [6.07, 6.45) is 2.26. The van der Waals surface area contributed by atoms with Gasteiger partial charge < -0.3 is 11.1 Å². The van der Waals surface area contributed by atoms with Gasteiger partial charge in [-0.2, -0.15) is 11.8 Å². The third-order valence-corrected chi connectivity index (χ3v) is 4.70. The van der Waals surface area contributed by atoms with Crippen molar-refractivity contribution in [3.8, 4) is 0 Å². The molecule has 1 aromatic rings. The lowest BCUT2D eigenvalue weighted by atomic mass is 10.1. The molecule has 0 aliphatic carbocycles. The van der Waals surface area contributed by atoms with E-state index < -0.39 is 5.82 Å². The number of amides is 1. The Hall–Kier alpha value is -1.23. The number of thioether (sulfide) groups is 1. The average molecular weight is 268 g/mol. The molecule has 1 fully saturated rings. The van der Waals surface area contributed by atoms with Gasteiger partial charge in [-0.1, -0.05) is 0 Å². The Morgan fingerprint density at radius 3 is 3.00 bits per heavy atom. The number of nitrogens with two attached hydrogens (primary N) is 1. The van der Waals surface area contributed by atoms with E-state index in [0.29, 0.717) is 12.2 Å². The predicted octanol–water partition coefficient (Wildman–Crippen LogP) is 2.42. The van der Waals surface area contributed by atoms with E-state index in [1.807, 2.05) is 11.8 Å². The molecule has 1 aliphatic rings. The highest BCUT2D eigenvalue weighted by Crippen LogP contribution is 2.36. The second kappa shape index (κ2) is 5.18. The molecule has 3 N–H and O–H groups in total. The maximum atomic E-state index is 13.6. The molecule has 0 aromatic heterocycles. The van der Waals surface area contributed by atoms with Crippen LogP contribution in [0.1, 0.15) is 30.1 Å². The molecule has 1 unspecified atom stereocenters. The molecule has 1 aromatic carbocycles. The van der Waals surface area contributed by atoms with E-state index in [-0.39, 0.29) is 16.2 Å². The van der Waals surface area contributed by atoms with Crippen LogP contribution >= 0.6 is 11.8 Å². The van der Waals surface area contributed by atoms with Crippen LogP contribution in [0.15, 0.2) is 18.2 Å². The predicted molar refractivity (Wildman–Crippen MR) is 73.2 cm³/mol. The number of carbonyl (C=O) groups excluding carboxylic acids is 1. The number of nitrogens with one attached hydrogen (secondary N) is 1. The van der Waals surface area contributed by atoms with Crippen LogP contribution in [-0.2, 0) is 0 Å². The first kappa shape index (κ1) is 13.2. The van der Waals surface area contributed by atoms with Crippen molar-refractivity contribution >= 4 is 23.4 Å². The van der Waals surface area contributed by atoms with Gasteiger partial charge in [-0.05, 0) is 43.7 Å². The average Bonchev–Trinajstić information content (AvgIpc) is 2.74. The van der Waals surface area contributed by atoms with Crippen LogP contribution in [0, 0.1) is 5.82 Å². The summed E-state index contributed by atoms with van der Waals surface area (Å²) in [5.41, 5.74) is 5.82. The molecule has 3 nitrogen and oxygen atoms in total. The molecule has 1 aliphatic heterocycles. The van der Waals surface area contributed by atoms with Gasteiger partial charge in [-0.25, -0.2) is 4.39 Å². The Labute approximate surface area is 110 Å². The summed E-state index contributed by atoms with van der Waals surface area (Å²) in [6, 6.07) is 4.12. The van der Waals surface area contributed by atoms with Crippen molar-refractivity contribution in [1.29, 1.82) is 0 Å². The normalized spacial score (nSPS) is 23.0. The fraction of sp³-hybridized carbons (Fsp3) is 0.462. The second-order valence-electron chi connectivity index (χ2n) is 4.82. The van der Waals surface area contributed by atoms with Crippen molar-refractivity contribution in [2.45, 2.75) is 24.5 Å². The van der Waals surface area contributed by atoms with Crippen molar-refractivity contribution < 1.29 is 9.18 Å². The van der Waals surface area contributed by atoms with Crippen molar-refractivity contribution in [2.75, 3.05) is 18.0 Å². The van der Waals surface area contributed by atoms with Crippen molar-refractivity contribution in [2.24, 2.45) is 0 Å². The van der Waals surface area contributed by atoms with Crippen LogP contribution in [0.3, 0.4) is 0 Å². The summed E-state index contributed by atoms with van der Waals surface area (Å²) in [7, 11) is 0. The molecule has 1 saturated heterocycles. The van der Waals surface area contributed by atoms with Crippen LogP contribution in [0.5, 0.6) is 0 Å². The van der Waals surface area contributed by atoms with Gasteiger partial charge in [-0.3, -0.25) is 4.79 Å². The number of hydrogen-bond acceptors (Lipinski definition) is 3. The summed E-state index contributed by atoms with van der Waals surface area (Å²) < 4.78 is 13.6. The monoisotopic (exact) mass is 268 g/mol. The van der Waals surface area contributed by atoms with Crippen LogP contribution in [0.2, 0.25) is 0 Å². The highest BCUT2D eigenvalue weighted by molar-refractivity contribution is 8.00. The standard InChI is InChI=1S/C13H17FN2OS/c1-13(5-2-6-18-13)8-16-12(17)10-4-3-9(15)7-11(10)14/h3-4,7H,2,5-6,8,15H2,1H3,(H,16,17). The Kier molecular flexibility index (Phi) is 3.80. The molecule has 0 spiro atoms. The molecule has 0 saturated carbocycles. The van der Waals surface area contributed by atoms with Gasteiger partial charge in [0.2, 0.25) is 0 Å². The van der Waals surface area contributed by atoms with E-state index in [2.05, 4.69) is 12.2 Å². The van der Waals surface area contributed by atoms with E-state index in [9.17, 15) is 9.18 Å². The number of nitrogen functional groups attached to an aromatic ring is 1. The SMILES string of the molecule is CC1(CNC(=O)c2ccc(N)cc2F)CCCS1. The zero-order chi connectivity index (χ0) is 13.2. The molecule has 98 valence electrons. The van der Waals surface area contributed by atoms with E-state index in [0.717, 1.165) is 12.2 Å². The minimum atomic E-state index is -0.572. The second-order valence-corrected chi connectivity index (χ2v) is 6.51. The zero-order valence-electron chi connectivity index (χ0n) is 10.3. The summed E-state index contributed by atoms with van der Waals surface area (Å²) in [5.74, 6) is 0.181. The molecule has 2 rings (SSSR count).